The molecular formula is C27H23F2N7O. The van der Waals surface area contributed by atoms with Crippen molar-refractivity contribution < 1.29 is 13.6 Å². The average Bonchev–Trinajstić information content (AvgIpc) is 3.47. The number of carbonyl (C=O) groups excluding carboxylic acids is 1. The fourth-order valence-corrected chi connectivity index (χ4v) is 5.82. The third kappa shape index (κ3) is 3.24. The third-order valence-electron chi connectivity index (χ3n) is 7.94. The van der Waals surface area contributed by atoms with Gasteiger partial charge in [0.15, 0.2) is 0 Å². The predicted octanol–water partition coefficient (Wildman–Crippen LogP) is 4.34. The molecule has 0 radical (unpaired) electrons. The van der Waals surface area contributed by atoms with E-state index in [1.165, 1.54) is 18.2 Å². The Morgan fingerprint density at radius 2 is 1.92 bits per heavy atom. The van der Waals surface area contributed by atoms with Crippen LogP contribution >= 0.6 is 0 Å². The van der Waals surface area contributed by atoms with Crippen LogP contribution in [0.25, 0.3) is 27.7 Å². The van der Waals surface area contributed by atoms with Gasteiger partial charge >= 0.3 is 0 Å². The number of aryl methyl sites for hydroxylation is 1. The van der Waals surface area contributed by atoms with Gasteiger partial charge in [-0.15, -0.1) is 0 Å². The van der Waals surface area contributed by atoms with Crippen LogP contribution in [-0.2, 0) is 13.6 Å². The van der Waals surface area contributed by atoms with Gasteiger partial charge in [0, 0.05) is 42.5 Å². The van der Waals surface area contributed by atoms with Crippen LogP contribution in [0.3, 0.4) is 0 Å². The maximum Gasteiger partial charge on any atom is 0.257 e. The molecule has 0 spiro atoms. The summed E-state index contributed by atoms with van der Waals surface area (Å²) in [6.45, 7) is 0.0582. The molecule has 2 bridgehead atoms. The minimum Gasteiger partial charge on any atom is -0.382 e. The second kappa shape index (κ2) is 7.58. The van der Waals surface area contributed by atoms with Gasteiger partial charge in [-0.1, -0.05) is 12.1 Å². The van der Waals surface area contributed by atoms with E-state index in [2.05, 4.69) is 15.1 Å². The molecule has 3 saturated carbocycles. The highest BCUT2D eigenvalue weighted by atomic mass is 19.1. The van der Waals surface area contributed by atoms with Crippen LogP contribution in [0.4, 0.5) is 14.6 Å². The Balaban J connectivity index is 1.27. The maximum absolute atomic E-state index is 15.3. The quantitative estimate of drug-likeness (QED) is 0.388. The van der Waals surface area contributed by atoms with Crippen molar-refractivity contribution in [3.05, 3.63) is 78.0 Å². The number of rotatable bonds is 5. The molecule has 0 atom stereocenters. The monoisotopic (exact) mass is 499 g/mol. The number of imidazole rings is 1. The Hall–Kier alpha value is -4.34. The summed E-state index contributed by atoms with van der Waals surface area (Å²) in [5.41, 5.74) is 8.87. The molecule has 3 heterocycles. The van der Waals surface area contributed by atoms with Crippen molar-refractivity contribution in [2.45, 2.75) is 31.3 Å². The molecule has 8 nitrogen and oxygen atoms in total. The second-order valence-electron chi connectivity index (χ2n) is 10.3. The van der Waals surface area contributed by atoms with Crippen molar-refractivity contribution in [1.29, 1.82) is 0 Å². The number of hydrogen-bond acceptors (Lipinski definition) is 5. The molecule has 3 aliphatic rings. The van der Waals surface area contributed by atoms with E-state index in [0.717, 1.165) is 24.8 Å². The highest BCUT2D eigenvalue weighted by Crippen LogP contribution is 2.61. The Morgan fingerprint density at radius 3 is 2.59 bits per heavy atom. The van der Waals surface area contributed by atoms with E-state index in [1.54, 1.807) is 45.8 Å². The third-order valence-corrected chi connectivity index (χ3v) is 7.94. The minimum atomic E-state index is -0.687. The van der Waals surface area contributed by atoms with E-state index >= 15 is 8.78 Å². The number of nitrogens with zero attached hydrogens (tertiary/aromatic N) is 6. The summed E-state index contributed by atoms with van der Waals surface area (Å²) in [6.07, 6.45) is 9.18. The van der Waals surface area contributed by atoms with Gasteiger partial charge in [0.25, 0.3) is 5.91 Å². The van der Waals surface area contributed by atoms with Gasteiger partial charge in [0.05, 0.1) is 35.3 Å². The molecule has 3 aromatic heterocycles. The lowest BCUT2D eigenvalue weighted by molar-refractivity contribution is -0.127. The summed E-state index contributed by atoms with van der Waals surface area (Å²) in [5, 5.41) is 4.15. The predicted molar refractivity (Wildman–Crippen MR) is 133 cm³/mol. The van der Waals surface area contributed by atoms with Crippen molar-refractivity contribution in [3.63, 3.8) is 0 Å². The van der Waals surface area contributed by atoms with Crippen LogP contribution in [-0.4, -0.2) is 40.5 Å². The molecule has 2 N–H and O–H groups in total. The summed E-state index contributed by atoms with van der Waals surface area (Å²) in [7, 11) is 1.80. The normalized spacial score (nSPS) is 20.1. The number of anilines is 1. The Morgan fingerprint density at radius 1 is 1.11 bits per heavy atom. The molecule has 3 aliphatic carbocycles. The van der Waals surface area contributed by atoms with Crippen LogP contribution in [0.15, 0.2) is 55.2 Å². The average molecular weight is 500 g/mol. The van der Waals surface area contributed by atoms with Crippen molar-refractivity contribution in [3.8, 4) is 11.1 Å². The van der Waals surface area contributed by atoms with E-state index < -0.39 is 17.5 Å². The van der Waals surface area contributed by atoms with Crippen LogP contribution in [0.5, 0.6) is 0 Å². The molecule has 186 valence electrons. The Bertz CT molecular complexity index is 1720. The summed E-state index contributed by atoms with van der Waals surface area (Å²) >= 11 is 0. The fraction of sp³-hybridized carbons (Fsp3) is 0.259. The molecule has 0 aliphatic heterocycles. The lowest BCUT2D eigenvalue weighted by atomic mass is 9.49. The van der Waals surface area contributed by atoms with Gasteiger partial charge in [-0.3, -0.25) is 13.9 Å². The SMILES string of the molecule is Cn1cc(-c2ccc(CN(C(=O)c3cc4c(cc3F)nc(N)c3cncn34)C34CC(C3)C4)c(F)c2)cn1. The number of halogens is 2. The molecule has 5 aromatic rings. The number of amides is 1. The highest BCUT2D eigenvalue weighted by molar-refractivity contribution is 5.99. The van der Waals surface area contributed by atoms with Gasteiger partial charge in [0.2, 0.25) is 0 Å². The molecule has 2 aromatic carbocycles. The maximum atomic E-state index is 15.3. The number of hydrogen-bond donors (Lipinski definition) is 1. The summed E-state index contributed by atoms with van der Waals surface area (Å²) in [6, 6.07) is 7.69. The lowest BCUT2D eigenvalue weighted by Gasteiger charge is -2.66. The lowest BCUT2D eigenvalue weighted by Crippen LogP contribution is -2.69. The van der Waals surface area contributed by atoms with Crippen LogP contribution in [0.1, 0.15) is 35.2 Å². The minimum absolute atomic E-state index is 0.0582. The van der Waals surface area contributed by atoms with Crippen molar-refractivity contribution in [2.75, 3.05) is 5.73 Å². The highest BCUT2D eigenvalue weighted by Gasteiger charge is 2.61. The first-order valence-electron chi connectivity index (χ1n) is 12.1. The van der Waals surface area contributed by atoms with Crippen LogP contribution in [0, 0.1) is 17.6 Å². The first-order chi connectivity index (χ1) is 17.8. The van der Waals surface area contributed by atoms with Gasteiger partial charge in [-0.25, -0.2) is 18.7 Å². The van der Waals surface area contributed by atoms with Gasteiger partial charge in [-0.05, 0) is 42.9 Å². The van der Waals surface area contributed by atoms with Crippen LogP contribution < -0.4 is 5.73 Å². The van der Waals surface area contributed by atoms with Crippen molar-refractivity contribution >= 4 is 28.3 Å². The summed E-state index contributed by atoms with van der Waals surface area (Å²) in [4.78, 5) is 24.0. The Kier molecular flexibility index (Phi) is 4.49. The van der Waals surface area contributed by atoms with E-state index in [4.69, 9.17) is 5.73 Å². The number of carbonyl (C=O) groups is 1. The molecule has 10 heteroatoms. The van der Waals surface area contributed by atoms with Gasteiger partial charge in [0.1, 0.15) is 23.0 Å². The van der Waals surface area contributed by atoms with Gasteiger partial charge in [-0.2, -0.15) is 5.10 Å². The molecular weight excluding hydrogens is 476 g/mol. The molecule has 3 fully saturated rings. The molecule has 1 amide bonds. The molecule has 37 heavy (non-hydrogen) atoms. The molecule has 0 saturated heterocycles. The van der Waals surface area contributed by atoms with E-state index in [1.807, 2.05) is 12.3 Å². The smallest absolute Gasteiger partial charge is 0.257 e. The zero-order chi connectivity index (χ0) is 25.5. The van der Waals surface area contributed by atoms with E-state index in [9.17, 15) is 4.79 Å². The first kappa shape index (κ1) is 21.9. The number of fused-ring (bicyclic) bond motifs is 3. The summed E-state index contributed by atoms with van der Waals surface area (Å²) < 4.78 is 34.0. The summed E-state index contributed by atoms with van der Waals surface area (Å²) in [5.74, 6) is -0.757. The van der Waals surface area contributed by atoms with Gasteiger partial charge < -0.3 is 10.6 Å². The zero-order valence-corrected chi connectivity index (χ0v) is 20.0. The first-order valence-corrected chi connectivity index (χ1v) is 12.1. The number of aromatic nitrogens is 5. The second-order valence-corrected chi connectivity index (χ2v) is 10.3. The Labute approximate surface area is 210 Å². The van der Waals surface area contributed by atoms with Crippen molar-refractivity contribution in [1.82, 2.24) is 29.0 Å². The largest absolute Gasteiger partial charge is 0.382 e. The zero-order valence-electron chi connectivity index (χ0n) is 20.0. The topological polar surface area (TPSA) is 94.3 Å². The van der Waals surface area contributed by atoms with E-state index in [0.29, 0.717) is 33.6 Å². The standard InChI is InChI=1S/C27H23F2N7O/c1-34-12-18(10-32-34)16-2-3-17(20(28)4-16)13-36(27-7-15(8-27)9-27)26(37)19-5-23-22(6-21(19)29)33-25(30)24-11-31-14-35(23)24/h2-6,10-12,14-15H,7-9,13H2,1H3,(H2,30,33). The van der Waals surface area contributed by atoms with Crippen molar-refractivity contribution in [2.24, 2.45) is 13.0 Å². The number of nitrogen functional groups attached to an aromatic ring is 1. The molecule has 0 unspecified atom stereocenters. The fourth-order valence-electron chi connectivity index (χ4n) is 5.82. The van der Waals surface area contributed by atoms with Crippen LogP contribution in [0.2, 0.25) is 0 Å². The molecule has 8 rings (SSSR count). The number of nitrogens with two attached hydrogens (primary N) is 1. The van der Waals surface area contributed by atoms with E-state index in [-0.39, 0.29) is 23.5 Å². The number of benzene rings is 2.